The average Bonchev–Trinajstić information content (AvgIpc) is 2.53. The van der Waals surface area contributed by atoms with Gasteiger partial charge in [0.25, 0.3) is 5.91 Å². The van der Waals surface area contributed by atoms with Gasteiger partial charge >= 0.3 is 5.92 Å². The highest BCUT2D eigenvalue weighted by molar-refractivity contribution is 5.85. The van der Waals surface area contributed by atoms with Gasteiger partial charge in [0.2, 0.25) is 0 Å². The maximum Gasteiger partial charge on any atom is 0.353 e. The smallest absolute Gasteiger partial charge is 0.353 e. The highest BCUT2D eigenvalue weighted by atomic mass is 19.3. The molecule has 2 rings (SSSR count). The number of hydrogen-bond donors (Lipinski definition) is 1. The molecule has 0 saturated carbocycles. The van der Waals surface area contributed by atoms with Gasteiger partial charge in [0.1, 0.15) is 5.75 Å². The molecule has 1 aliphatic rings. The van der Waals surface area contributed by atoms with Crippen molar-refractivity contribution in [1.82, 2.24) is 5.32 Å². The number of rotatable bonds is 5. The fourth-order valence-electron chi connectivity index (χ4n) is 2.31. The first kappa shape index (κ1) is 15.7. The maximum absolute atomic E-state index is 14.2. The number of carbonyl (C=O) groups is 1. The van der Waals surface area contributed by atoms with Crippen molar-refractivity contribution in [3.8, 4) is 5.75 Å². The van der Waals surface area contributed by atoms with Crippen LogP contribution in [0.25, 0.3) is 0 Å². The number of benzene rings is 1. The Labute approximate surface area is 122 Å². The van der Waals surface area contributed by atoms with Gasteiger partial charge in [0, 0.05) is 13.2 Å². The van der Waals surface area contributed by atoms with Crippen LogP contribution in [-0.4, -0.2) is 32.3 Å². The lowest BCUT2D eigenvalue weighted by molar-refractivity contribution is -0.148. The van der Waals surface area contributed by atoms with Crippen molar-refractivity contribution in [1.29, 1.82) is 0 Å². The predicted molar refractivity (Wildman–Crippen MR) is 73.5 cm³/mol. The normalized spacial score (nSPS) is 19.1. The molecule has 0 aromatic heterocycles. The summed E-state index contributed by atoms with van der Waals surface area (Å²) in [6.07, 6.45) is 2.56. The van der Waals surface area contributed by atoms with Crippen LogP contribution in [0, 0.1) is 0 Å². The van der Waals surface area contributed by atoms with Gasteiger partial charge in [-0.2, -0.15) is 8.78 Å². The first-order valence-electron chi connectivity index (χ1n) is 6.97. The van der Waals surface area contributed by atoms with Crippen LogP contribution in [0.3, 0.4) is 0 Å². The first-order chi connectivity index (χ1) is 10.1. The highest BCUT2D eigenvalue weighted by Crippen LogP contribution is 2.34. The Morgan fingerprint density at radius 2 is 2.19 bits per heavy atom. The lowest BCUT2D eigenvalue weighted by atomic mass is 10.1. The Balaban J connectivity index is 2.02. The molecule has 1 unspecified atom stereocenters. The molecule has 0 radical (unpaired) electrons. The van der Waals surface area contributed by atoms with E-state index in [0.717, 1.165) is 19.3 Å². The SMILES string of the molecule is COc1ccccc1C(F)(F)C(=O)NCC1CCCCO1. The lowest BCUT2D eigenvalue weighted by Gasteiger charge is -2.24. The summed E-state index contributed by atoms with van der Waals surface area (Å²) in [5, 5.41) is 2.27. The number of methoxy groups -OCH3 is 1. The summed E-state index contributed by atoms with van der Waals surface area (Å²) in [6, 6.07) is 5.62. The zero-order valence-electron chi connectivity index (χ0n) is 11.9. The molecule has 1 saturated heterocycles. The molecule has 6 heteroatoms. The topological polar surface area (TPSA) is 47.6 Å². The average molecular weight is 299 g/mol. The second-order valence-electron chi connectivity index (χ2n) is 4.97. The molecule has 1 N–H and O–H groups in total. The van der Waals surface area contributed by atoms with Gasteiger partial charge < -0.3 is 14.8 Å². The number of nitrogens with one attached hydrogen (secondary N) is 1. The zero-order chi connectivity index (χ0) is 15.3. The van der Waals surface area contributed by atoms with E-state index in [-0.39, 0.29) is 18.4 Å². The summed E-state index contributed by atoms with van der Waals surface area (Å²) in [4.78, 5) is 11.8. The van der Waals surface area contributed by atoms with E-state index >= 15 is 0 Å². The molecular weight excluding hydrogens is 280 g/mol. The van der Waals surface area contributed by atoms with Crippen molar-refractivity contribution in [3.63, 3.8) is 0 Å². The van der Waals surface area contributed by atoms with Crippen molar-refractivity contribution in [3.05, 3.63) is 29.8 Å². The van der Waals surface area contributed by atoms with Gasteiger partial charge in [-0.15, -0.1) is 0 Å². The van der Waals surface area contributed by atoms with Crippen molar-refractivity contribution in [2.75, 3.05) is 20.3 Å². The van der Waals surface area contributed by atoms with Crippen LogP contribution in [0.15, 0.2) is 24.3 Å². The Morgan fingerprint density at radius 1 is 1.43 bits per heavy atom. The molecule has 1 aromatic carbocycles. The molecule has 1 heterocycles. The van der Waals surface area contributed by atoms with E-state index < -0.39 is 17.4 Å². The van der Waals surface area contributed by atoms with Gasteiger partial charge in [0.15, 0.2) is 0 Å². The summed E-state index contributed by atoms with van der Waals surface area (Å²) in [6.45, 7) is 0.715. The van der Waals surface area contributed by atoms with Crippen LogP contribution >= 0.6 is 0 Å². The molecule has 1 fully saturated rings. The minimum absolute atomic E-state index is 0.00781. The lowest BCUT2D eigenvalue weighted by Crippen LogP contribution is -2.43. The molecule has 1 aromatic rings. The zero-order valence-corrected chi connectivity index (χ0v) is 11.9. The molecule has 1 aliphatic heterocycles. The number of ether oxygens (including phenoxy) is 2. The molecule has 116 valence electrons. The highest BCUT2D eigenvalue weighted by Gasteiger charge is 2.43. The van der Waals surface area contributed by atoms with Crippen molar-refractivity contribution in [2.24, 2.45) is 0 Å². The Morgan fingerprint density at radius 3 is 2.86 bits per heavy atom. The van der Waals surface area contributed by atoms with Crippen LogP contribution < -0.4 is 10.1 Å². The van der Waals surface area contributed by atoms with E-state index in [1.807, 2.05) is 0 Å². The number of amides is 1. The second kappa shape index (κ2) is 6.85. The van der Waals surface area contributed by atoms with Crippen molar-refractivity contribution in [2.45, 2.75) is 31.3 Å². The van der Waals surface area contributed by atoms with Gasteiger partial charge in [-0.05, 0) is 31.4 Å². The van der Waals surface area contributed by atoms with Gasteiger partial charge in [-0.25, -0.2) is 0 Å². The van der Waals surface area contributed by atoms with E-state index in [1.54, 1.807) is 6.07 Å². The van der Waals surface area contributed by atoms with Crippen LogP contribution in [-0.2, 0) is 15.5 Å². The van der Waals surface area contributed by atoms with Crippen LogP contribution in [0.5, 0.6) is 5.75 Å². The molecule has 0 aliphatic carbocycles. The number of carbonyl (C=O) groups excluding carboxylic acids is 1. The summed E-state index contributed by atoms with van der Waals surface area (Å²) >= 11 is 0. The minimum atomic E-state index is -3.64. The van der Waals surface area contributed by atoms with E-state index in [9.17, 15) is 13.6 Å². The summed E-state index contributed by atoms with van der Waals surface area (Å²) in [5.74, 6) is -4.98. The Hall–Kier alpha value is -1.69. The number of hydrogen-bond acceptors (Lipinski definition) is 3. The molecule has 0 spiro atoms. The fraction of sp³-hybridized carbons (Fsp3) is 0.533. The standard InChI is InChI=1S/C15H19F2NO3/c1-20-13-8-3-2-7-12(13)15(16,17)14(19)18-10-11-6-4-5-9-21-11/h2-3,7-8,11H,4-6,9-10H2,1H3,(H,18,19). The van der Waals surface area contributed by atoms with Crippen LogP contribution in [0.4, 0.5) is 8.78 Å². The monoisotopic (exact) mass is 299 g/mol. The summed E-state index contributed by atoms with van der Waals surface area (Å²) in [5.41, 5.74) is -0.436. The third kappa shape index (κ3) is 3.69. The maximum atomic E-state index is 14.2. The number of para-hydroxylation sites is 1. The molecule has 0 bridgehead atoms. The van der Waals surface area contributed by atoms with Gasteiger partial charge in [0.05, 0.1) is 18.8 Å². The third-order valence-electron chi connectivity index (χ3n) is 3.49. The van der Waals surface area contributed by atoms with E-state index in [2.05, 4.69) is 5.32 Å². The molecule has 1 atom stereocenters. The van der Waals surface area contributed by atoms with Crippen LogP contribution in [0.1, 0.15) is 24.8 Å². The van der Waals surface area contributed by atoms with Crippen LogP contribution in [0.2, 0.25) is 0 Å². The van der Waals surface area contributed by atoms with Gasteiger partial charge in [-0.1, -0.05) is 12.1 Å². The predicted octanol–water partition coefficient (Wildman–Crippen LogP) is 2.47. The molecule has 21 heavy (non-hydrogen) atoms. The molecular formula is C15H19F2NO3. The molecule has 4 nitrogen and oxygen atoms in total. The number of alkyl halides is 2. The largest absolute Gasteiger partial charge is 0.496 e. The van der Waals surface area contributed by atoms with E-state index in [4.69, 9.17) is 9.47 Å². The van der Waals surface area contributed by atoms with E-state index in [1.165, 1.54) is 25.3 Å². The Kier molecular flexibility index (Phi) is 5.12. The molecule has 1 amide bonds. The Bertz CT molecular complexity index is 488. The van der Waals surface area contributed by atoms with E-state index in [0.29, 0.717) is 6.61 Å². The fourth-order valence-corrected chi connectivity index (χ4v) is 2.31. The van der Waals surface area contributed by atoms with Crippen molar-refractivity contribution < 1.29 is 23.0 Å². The summed E-state index contributed by atoms with van der Waals surface area (Å²) < 4.78 is 38.7. The van der Waals surface area contributed by atoms with Gasteiger partial charge in [-0.3, -0.25) is 4.79 Å². The van der Waals surface area contributed by atoms with Crippen molar-refractivity contribution >= 4 is 5.91 Å². The second-order valence-corrected chi connectivity index (χ2v) is 4.97. The number of halogens is 2. The minimum Gasteiger partial charge on any atom is -0.496 e. The first-order valence-corrected chi connectivity index (χ1v) is 6.97. The summed E-state index contributed by atoms with van der Waals surface area (Å²) in [7, 11) is 1.29. The third-order valence-corrected chi connectivity index (χ3v) is 3.49. The quantitative estimate of drug-likeness (QED) is 0.908.